The molecule has 1 unspecified atom stereocenters. The predicted octanol–water partition coefficient (Wildman–Crippen LogP) is 2.75. The maximum atomic E-state index is 11.0. The van der Waals surface area contributed by atoms with Gasteiger partial charge in [0, 0.05) is 0 Å². The molecule has 0 fully saturated rings. The first-order chi connectivity index (χ1) is 9.24. The van der Waals surface area contributed by atoms with E-state index in [2.05, 4.69) is 17.0 Å². The fourth-order valence-electron chi connectivity index (χ4n) is 2.31. The molecule has 1 atom stereocenters. The fourth-order valence-corrected chi connectivity index (χ4v) is 2.31. The standard InChI is InChI=1S/C15H21N3O/c1-2-3-7-10-15(19,11-18-13-16-12-17-18)14-8-5-4-6-9-14/h4-6,8-9,12-13,19H,2-3,7,10-11H2,1H3. The molecular weight excluding hydrogens is 238 g/mol. The summed E-state index contributed by atoms with van der Waals surface area (Å²) in [5.74, 6) is 0. The summed E-state index contributed by atoms with van der Waals surface area (Å²) >= 11 is 0. The summed E-state index contributed by atoms with van der Waals surface area (Å²) in [6, 6.07) is 9.83. The van der Waals surface area contributed by atoms with Gasteiger partial charge in [0.1, 0.15) is 18.3 Å². The molecule has 0 aliphatic carbocycles. The van der Waals surface area contributed by atoms with Gasteiger partial charge in [-0.25, -0.2) is 9.67 Å². The zero-order chi connectivity index (χ0) is 13.6. The molecule has 4 heteroatoms. The highest BCUT2D eigenvalue weighted by molar-refractivity contribution is 5.22. The van der Waals surface area contributed by atoms with Crippen molar-refractivity contribution in [1.82, 2.24) is 14.8 Å². The van der Waals surface area contributed by atoms with E-state index in [1.165, 1.54) is 6.33 Å². The minimum absolute atomic E-state index is 0.445. The van der Waals surface area contributed by atoms with Gasteiger partial charge in [0.05, 0.1) is 6.54 Å². The first-order valence-corrected chi connectivity index (χ1v) is 6.85. The summed E-state index contributed by atoms with van der Waals surface area (Å²) in [7, 11) is 0. The highest BCUT2D eigenvalue weighted by Crippen LogP contribution is 2.29. The summed E-state index contributed by atoms with van der Waals surface area (Å²) in [5.41, 5.74) is 0.0750. The lowest BCUT2D eigenvalue weighted by Gasteiger charge is -2.28. The van der Waals surface area contributed by atoms with Crippen molar-refractivity contribution in [2.24, 2.45) is 0 Å². The molecule has 0 saturated carbocycles. The lowest BCUT2D eigenvalue weighted by atomic mass is 9.88. The molecule has 0 radical (unpaired) electrons. The molecule has 0 bridgehead atoms. The molecule has 102 valence electrons. The Balaban J connectivity index is 2.17. The SMILES string of the molecule is CCCCCC(O)(Cn1cncn1)c1ccccc1. The average molecular weight is 259 g/mol. The number of unbranched alkanes of at least 4 members (excludes halogenated alkanes) is 2. The van der Waals surface area contributed by atoms with E-state index in [4.69, 9.17) is 0 Å². The molecule has 2 rings (SSSR count). The number of hydrogen-bond acceptors (Lipinski definition) is 3. The fraction of sp³-hybridized carbons (Fsp3) is 0.467. The van der Waals surface area contributed by atoms with Gasteiger partial charge in [0.2, 0.25) is 0 Å². The summed E-state index contributed by atoms with van der Waals surface area (Å²) < 4.78 is 1.69. The van der Waals surface area contributed by atoms with Crippen molar-refractivity contribution in [3.8, 4) is 0 Å². The molecule has 0 saturated heterocycles. The van der Waals surface area contributed by atoms with Crippen molar-refractivity contribution in [2.45, 2.75) is 44.8 Å². The van der Waals surface area contributed by atoms with Crippen molar-refractivity contribution in [3.05, 3.63) is 48.5 Å². The van der Waals surface area contributed by atoms with Gasteiger partial charge < -0.3 is 5.11 Å². The van der Waals surface area contributed by atoms with Gasteiger partial charge in [-0.05, 0) is 12.0 Å². The molecule has 0 aliphatic heterocycles. The average Bonchev–Trinajstić information content (AvgIpc) is 2.93. The highest BCUT2D eigenvalue weighted by Gasteiger charge is 2.29. The van der Waals surface area contributed by atoms with E-state index in [1.54, 1.807) is 11.0 Å². The highest BCUT2D eigenvalue weighted by atomic mass is 16.3. The van der Waals surface area contributed by atoms with Crippen molar-refractivity contribution < 1.29 is 5.11 Å². The van der Waals surface area contributed by atoms with Gasteiger partial charge in [0.15, 0.2) is 0 Å². The molecular formula is C15H21N3O. The van der Waals surface area contributed by atoms with Crippen LogP contribution in [-0.2, 0) is 12.1 Å². The first-order valence-electron chi connectivity index (χ1n) is 6.85. The van der Waals surface area contributed by atoms with E-state index >= 15 is 0 Å². The van der Waals surface area contributed by atoms with Crippen molar-refractivity contribution >= 4 is 0 Å². The van der Waals surface area contributed by atoms with Crippen LogP contribution in [0.25, 0.3) is 0 Å². The maximum Gasteiger partial charge on any atom is 0.137 e. The Labute approximate surface area is 114 Å². The van der Waals surface area contributed by atoms with Crippen LogP contribution in [0.4, 0.5) is 0 Å². The van der Waals surface area contributed by atoms with Crippen molar-refractivity contribution in [1.29, 1.82) is 0 Å². The summed E-state index contributed by atoms with van der Waals surface area (Å²) in [6.45, 7) is 2.61. The topological polar surface area (TPSA) is 50.9 Å². The normalized spacial score (nSPS) is 14.2. The Hall–Kier alpha value is -1.68. The molecule has 0 spiro atoms. The van der Waals surface area contributed by atoms with Gasteiger partial charge in [0.25, 0.3) is 0 Å². The zero-order valence-electron chi connectivity index (χ0n) is 11.4. The molecule has 4 nitrogen and oxygen atoms in total. The van der Waals surface area contributed by atoms with Crippen molar-refractivity contribution in [3.63, 3.8) is 0 Å². The van der Waals surface area contributed by atoms with E-state index in [0.717, 1.165) is 31.2 Å². The van der Waals surface area contributed by atoms with Crippen LogP contribution in [0, 0.1) is 0 Å². The van der Waals surface area contributed by atoms with E-state index < -0.39 is 5.60 Å². The molecule has 2 aromatic rings. The van der Waals surface area contributed by atoms with E-state index in [0.29, 0.717) is 6.54 Å². The molecule has 1 N–H and O–H groups in total. The lowest BCUT2D eigenvalue weighted by Crippen LogP contribution is -2.31. The van der Waals surface area contributed by atoms with Gasteiger partial charge in [-0.15, -0.1) is 0 Å². The van der Waals surface area contributed by atoms with Crippen LogP contribution in [-0.4, -0.2) is 19.9 Å². The Morgan fingerprint density at radius 1 is 1.21 bits per heavy atom. The number of aliphatic hydroxyl groups is 1. The number of hydrogen-bond donors (Lipinski definition) is 1. The largest absolute Gasteiger partial charge is 0.383 e. The van der Waals surface area contributed by atoms with E-state index in [9.17, 15) is 5.11 Å². The Kier molecular flexibility index (Phi) is 4.68. The monoisotopic (exact) mass is 259 g/mol. The third-order valence-electron chi connectivity index (χ3n) is 3.40. The third-order valence-corrected chi connectivity index (χ3v) is 3.40. The number of aromatic nitrogens is 3. The second kappa shape index (κ2) is 6.48. The van der Waals surface area contributed by atoms with Crippen LogP contribution >= 0.6 is 0 Å². The quantitative estimate of drug-likeness (QED) is 0.778. The summed E-state index contributed by atoms with van der Waals surface area (Å²) in [5, 5.41) is 15.1. The second-order valence-corrected chi connectivity index (χ2v) is 4.95. The second-order valence-electron chi connectivity index (χ2n) is 4.95. The van der Waals surface area contributed by atoms with E-state index in [-0.39, 0.29) is 0 Å². The minimum Gasteiger partial charge on any atom is -0.383 e. The number of benzene rings is 1. The van der Waals surface area contributed by atoms with Crippen LogP contribution in [0.3, 0.4) is 0 Å². The zero-order valence-corrected chi connectivity index (χ0v) is 11.4. The van der Waals surface area contributed by atoms with Crippen LogP contribution < -0.4 is 0 Å². The van der Waals surface area contributed by atoms with Crippen LogP contribution in [0.2, 0.25) is 0 Å². The van der Waals surface area contributed by atoms with Crippen molar-refractivity contribution in [2.75, 3.05) is 0 Å². The summed E-state index contributed by atoms with van der Waals surface area (Å²) in [4.78, 5) is 3.94. The van der Waals surface area contributed by atoms with Gasteiger partial charge >= 0.3 is 0 Å². The first kappa shape index (κ1) is 13.7. The third kappa shape index (κ3) is 3.64. The predicted molar refractivity (Wildman–Crippen MR) is 74.5 cm³/mol. The molecule has 1 heterocycles. The Morgan fingerprint density at radius 2 is 2.00 bits per heavy atom. The van der Waals surface area contributed by atoms with Gasteiger partial charge in [-0.2, -0.15) is 5.10 Å². The molecule has 1 aromatic heterocycles. The maximum absolute atomic E-state index is 11.0. The minimum atomic E-state index is -0.871. The number of nitrogens with zero attached hydrogens (tertiary/aromatic N) is 3. The van der Waals surface area contributed by atoms with Crippen LogP contribution in [0.5, 0.6) is 0 Å². The van der Waals surface area contributed by atoms with Gasteiger partial charge in [-0.1, -0.05) is 56.5 Å². The van der Waals surface area contributed by atoms with Crippen LogP contribution in [0.1, 0.15) is 38.2 Å². The molecule has 0 aliphatic rings. The van der Waals surface area contributed by atoms with Crippen LogP contribution in [0.15, 0.2) is 43.0 Å². The smallest absolute Gasteiger partial charge is 0.137 e. The van der Waals surface area contributed by atoms with E-state index in [1.807, 2.05) is 30.3 Å². The molecule has 0 amide bonds. The Bertz CT molecular complexity index is 469. The lowest BCUT2D eigenvalue weighted by molar-refractivity contribution is 0.00387. The molecule has 1 aromatic carbocycles. The molecule has 19 heavy (non-hydrogen) atoms. The number of rotatable bonds is 7. The van der Waals surface area contributed by atoms with Gasteiger partial charge in [-0.3, -0.25) is 0 Å². The Morgan fingerprint density at radius 3 is 2.63 bits per heavy atom. The summed E-state index contributed by atoms with van der Waals surface area (Å²) in [6.07, 6.45) is 7.17.